The molecule has 3 aromatic heterocycles. The molecule has 6 rings (SSSR count). The molecule has 0 saturated carbocycles. The number of carbonyl (C=O) groups excluding carboxylic acids is 1. The van der Waals surface area contributed by atoms with Gasteiger partial charge in [0.05, 0.1) is 42.5 Å². The van der Waals surface area contributed by atoms with Gasteiger partial charge in [-0.1, -0.05) is 37.3 Å². The second-order valence-electron chi connectivity index (χ2n) is 8.97. The summed E-state index contributed by atoms with van der Waals surface area (Å²) in [5.74, 6) is 1.24. The van der Waals surface area contributed by atoms with Crippen molar-refractivity contribution in [3.8, 4) is 11.5 Å². The minimum atomic E-state index is -0.450. The van der Waals surface area contributed by atoms with Gasteiger partial charge in [0.25, 0.3) is 0 Å². The van der Waals surface area contributed by atoms with E-state index in [0.29, 0.717) is 18.7 Å². The Balaban J connectivity index is 1.52. The molecule has 8 heteroatoms. The van der Waals surface area contributed by atoms with Crippen LogP contribution in [-0.2, 0) is 19.5 Å². The van der Waals surface area contributed by atoms with Crippen molar-refractivity contribution in [3.63, 3.8) is 0 Å². The summed E-state index contributed by atoms with van der Waals surface area (Å²) in [4.78, 5) is 15.6. The molecule has 1 aliphatic rings. The van der Waals surface area contributed by atoms with Gasteiger partial charge < -0.3 is 19.2 Å². The van der Waals surface area contributed by atoms with Gasteiger partial charge in [0.2, 0.25) is 0 Å². The number of nitrogens with one attached hydrogen (secondary N) is 1. The highest BCUT2D eigenvalue weighted by molar-refractivity contribution is 5.76. The monoisotopic (exact) mass is 495 g/mol. The zero-order valence-corrected chi connectivity index (χ0v) is 20.3. The van der Waals surface area contributed by atoms with E-state index in [-0.39, 0.29) is 18.4 Å². The summed E-state index contributed by atoms with van der Waals surface area (Å²) in [5.41, 5.74) is 4.53. The number of amides is 2. The molecule has 1 aliphatic heterocycles. The molecule has 1 N–H and O–H groups in total. The highest BCUT2D eigenvalue weighted by Crippen LogP contribution is 2.38. The average molecular weight is 496 g/mol. The van der Waals surface area contributed by atoms with Crippen LogP contribution in [0.1, 0.15) is 41.2 Å². The van der Waals surface area contributed by atoms with Crippen LogP contribution in [0.2, 0.25) is 0 Å². The van der Waals surface area contributed by atoms with Crippen molar-refractivity contribution in [3.05, 3.63) is 125 Å². The zero-order chi connectivity index (χ0) is 25.4. The number of furan rings is 1. The summed E-state index contributed by atoms with van der Waals surface area (Å²) >= 11 is 0. The van der Waals surface area contributed by atoms with E-state index in [9.17, 15) is 9.18 Å². The third-order valence-corrected chi connectivity index (χ3v) is 6.74. The standard InChI is InChI=1S/C29H26FN5O2/c1-2-25-24-19-34(29(36)31-18-23-10-7-17-37-23)27(20-12-14-21(30)15-13-20)26-11-6-16-33(26)28(24)35(32-25)22-8-4-3-5-9-22/h3-17,27H,2,18-19H2,1H3,(H,31,36)/t27-/m0/s1. The van der Waals surface area contributed by atoms with E-state index < -0.39 is 6.04 Å². The lowest BCUT2D eigenvalue weighted by molar-refractivity contribution is 0.179. The van der Waals surface area contributed by atoms with Crippen LogP contribution in [0, 0.1) is 5.82 Å². The van der Waals surface area contributed by atoms with Crippen LogP contribution >= 0.6 is 0 Å². The van der Waals surface area contributed by atoms with Gasteiger partial charge in [-0.05, 0) is 60.5 Å². The number of urea groups is 1. The van der Waals surface area contributed by atoms with E-state index in [1.807, 2.05) is 59.4 Å². The maximum atomic E-state index is 13.9. The molecule has 0 unspecified atom stereocenters. The van der Waals surface area contributed by atoms with Crippen molar-refractivity contribution >= 4 is 6.03 Å². The lowest BCUT2D eigenvalue weighted by Gasteiger charge is -2.31. The number of rotatable bonds is 5. The van der Waals surface area contributed by atoms with E-state index in [1.54, 1.807) is 29.4 Å². The molecule has 37 heavy (non-hydrogen) atoms. The number of aryl methyl sites for hydroxylation is 1. The van der Waals surface area contributed by atoms with Crippen molar-refractivity contribution in [2.75, 3.05) is 0 Å². The van der Waals surface area contributed by atoms with Crippen molar-refractivity contribution in [1.29, 1.82) is 0 Å². The second kappa shape index (κ2) is 9.46. The fourth-order valence-corrected chi connectivity index (χ4v) is 5.02. The van der Waals surface area contributed by atoms with Crippen molar-refractivity contribution in [1.82, 2.24) is 24.6 Å². The third-order valence-electron chi connectivity index (χ3n) is 6.74. The maximum absolute atomic E-state index is 13.9. The van der Waals surface area contributed by atoms with Crippen LogP contribution in [0.15, 0.2) is 95.7 Å². The van der Waals surface area contributed by atoms with E-state index in [1.165, 1.54) is 12.1 Å². The highest BCUT2D eigenvalue weighted by atomic mass is 19.1. The minimum absolute atomic E-state index is 0.249. The second-order valence-corrected chi connectivity index (χ2v) is 8.97. The largest absolute Gasteiger partial charge is 0.467 e. The molecule has 1 atom stereocenters. The number of benzene rings is 2. The van der Waals surface area contributed by atoms with Crippen LogP contribution in [0.25, 0.3) is 11.5 Å². The van der Waals surface area contributed by atoms with Gasteiger partial charge in [-0.2, -0.15) is 5.10 Å². The van der Waals surface area contributed by atoms with E-state index in [0.717, 1.165) is 34.0 Å². The van der Waals surface area contributed by atoms with Crippen LogP contribution in [0.4, 0.5) is 9.18 Å². The predicted molar refractivity (Wildman–Crippen MR) is 137 cm³/mol. The van der Waals surface area contributed by atoms with Crippen LogP contribution < -0.4 is 5.32 Å². The van der Waals surface area contributed by atoms with Gasteiger partial charge in [-0.25, -0.2) is 13.9 Å². The molecule has 0 spiro atoms. The highest BCUT2D eigenvalue weighted by Gasteiger charge is 2.36. The first kappa shape index (κ1) is 22.8. The summed E-state index contributed by atoms with van der Waals surface area (Å²) < 4.78 is 23.4. The predicted octanol–water partition coefficient (Wildman–Crippen LogP) is 5.77. The number of carbonyl (C=O) groups is 1. The Morgan fingerprint density at radius 3 is 2.59 bits per heavy atom. The Morgan fingerprint density at radius 1 is 1.05 bits per heavy atom. The quantitative estimate of drug-likeness (QED) is 0.337. The number of hydrogen-bond acceptors (Lipinski definition) is 3. The van der Waals surface area contributed by atoms with Gasteiger partial charge in [-0.15, -0.1) is 0 Å². The minimum Gasteiger partial charge on any atom is -0.467 e. The summed E-state index contributed by atoms with van der Waals surface area (Å²) in [6, 6.07) is 23.2. The fraction of sp³-hybridized carbons (Fsp3) is 0.172. The van der Waals surface area contributed by atoms with Gasteiger partial charge in [0, 0.05) is 11.8 Å². The van der Waals surface area contributed by atoms with Gasteiger partial charge >= 0.3 is 6.03 Å². The molecule has 0 fully saturated rings. The molecule has 0 saturated heterocycles. The number of hydrogen-bond donors (Lipinski definition) is 1. The lowest BCUT2D eigenvalue weighted by atomic mass is 10.0. The topological polar surface area (TPSA) is 68.2 Å². The first-order valence-corrected chi connectivity index (χ1v) is 12.3. The summed E-state index contributed by atoms with van der Waals surface area (Å²) in [5, 5.41) is 7.97. The maximum Gasteiger partial charge on any atom is 0.318 e. The number of halogens is 1. The number of aromatic nitrogens is 3. The van der Waals surface area contributed by atoms with Gasteiger partial charge in [0.15, 0.2) is 0 Å². The molecule has 2 amide bonds. The number of para-hydroxylation sites is 1. The lowest BCUT2D eigenvalue weighted by Crippen LogP contribution is -2.41. The molecule has 0 bridgehead atoms. The Labute approximate surface area is 213 Å². The van der Waals surface area contributed by atoms with E-state index >= 15 is 0 Å². The van der Waals surface area contributed by atoms with Gasteiger partial charge in [0.1, 0.15) is 17.4 Å². The molecule has 0 radical (unpaired) electrons. The van der Waals surface area contributed by atoms with E-state index in [2.05, 4.69) is 16.8 Å². The fourth-order valence-electron chi connectivity index (χ4n) is 5.02. The van der Waals surface area contributed by atoms with E-state index in [4.69, 9.17) is 9.52 Å². The smallest absolute Gasteiger partial charge is 0.318 e. The Kier molecular flexibility index (Phi) is 5.84. The summed E-state index contributed by atoms with van der Waals surface area (Å²) in [7, 11) is 0. The van der Waals surface area contributed by atoms with Crippen molar-refractivity contribution in [2.24, 2.45) is 0 Å². The van der Waals surface area contributed by atoms with Crippen molar-refractivity contribution in [2.45, 2.75) is 32.5 Å². The average Bonchev–Trinajstić information content (AvgIpc) is 3.67. The summed E-state index contributed by atoms with van der Waals surface area (Å²) in [6.45, 7) is 2.66. The molecule has 0 aliphatic carbocycles. The Hall–Kier alpha value is -4.59. The molecular formula is C29H26FN5O2. The molecular weight excluding hydrogens is 469 g/mol. The zero-order valence-electron chi connectivity index (χ0n) is 20.3. The summed E-state index contributed by atoms with van der Waals surface area (Å²) in [6.07, 6.45) is 4.29. The van der Waals surface area contributed by atoms with Crippen LogP contribution in [-0.4, -0.2) is 25.3 Å². The Morgan fingerprint density at radius 2 is 1.86 bits per heavy atom. The Bertz CT molecular complexity index is 1520. The first-order valence-electron chi connectivity index (χ1n) is 12.3. The molecule has 7 nitrogen and oxygen atoms in total. The van der Waals surface area contributed by atoms with Crippen LogP contribution in [0.5, 0.6) is 0 Å². The molecule has 2 aromatic carbocycles. The molecule has 5 aromatic rings. The number of fused-ring (bicyclic) bond motifs is 3. The normalized spacial score (nSPS) is 14.6. The first-order chi connectivity index (χ1) is 18.1. The molecule has 4 heterocycles. The third kappa shape index (κ3) is 4.10. The number of nitrogens with zero attached hydrogens (tertiary/aromatic N) is 4. The molecule has 186 valence electrons. The van der Waals surface area contributed by atoms with Crippen LogP contribution in [0.3, 0.4) is 0 Å². The SMILES string of the molecule is CCc1nn(-c2ccccc2)c2c1CN(C(=O)NCc1ccco1)[C@@H](c1ccc(F)cc1)c1cccn1-2. The van der Waals surface area contributed by atoms with Gasteiger partial charge in [-0.3, -0.25) is 0 Å². The van der Waals surface area contributed by atoms with Crippen molar-refractivity contribution < 1.29 is 13.6 Å².